The summed E-state index contributed by atoms with van der Waals surface area (Å²) in [5.74, 6) is -0.131. The molecule has 0 N–H and O–H groups in total. The number of rotatable bonds is 6. The highest BCUT2D eigenvalue weighted by molar-refractivity contribution is 7.22. The van der Waals surface area contributed by atoms with Crippen LogP contribution in [0.4, 0.5) is 5.13 Å². The zero-order valence-electron chi connectivity index (χ0n) is 15.6. The smallest absolute Gasteiger partial charge is 0.260 e. The SMILES string of the molecule is CN(C)CCCN(C(=O)c1ccc(C#N)cc1)c1nc2c(Cl)cccc2s1.Cl. The molecular weight excluding hydrogens is 415 g/mol. The third-order valence-electron chi connectivity index (χ3n) is 4.08. The molecule has 146 valence electrons. The van der Waals surface area contributed by atoms with E-state index in [9.17, 15) is 4.79 Å². The molecule has 1 amide bonds. The normalized spacial score (nSPS) is 10.5. The van der Waals surface area contributed by atoms with Crippen LogP contribution >= 0.6 is 35.3 Å². The van der Waals surface area contributed by atoms with E-state index in [1.165, 1.54) is 11.3 Å². The fourth-order valence-electron chi connectivity index (χ4n) is 2.69. The molecule has 28 heavy (non-hydrogen) atoms. The number of nitriles is 1. The molecule has 0 radical (unpaired) electrons. The Kier molecular flexibility index (Phi) is 7.78. The van der Waals surface area contributed by atoms with Gasteiger partial charge in [-0.2, -0.15) is 5.26 Å². The molecular formula is C20H20Cl2N4OS. The van der Waals surface area contributed by atoms with Crippen molar-refractivity contribution in [2.24, 2.45) is 0 Å². The maximum Gasteiger partial charge on any atom is 0.260 e. The van der Waals surface area contributed by atoms with Gasteiger partial charge >= 0.3 is 0 Å². The van der Waals surface area contributed by atoms with Crippen molar-refractivity contribution in [2.75, 3.05) is 32.1 Å². The van der Waals surface area contributed by atoms with Crippen LogP contribution in [-0.4, -0.2) is 43.0 Å². The lowest BCUT2D eigenvalue weighted by atomic mass is 10.1. The Morgan fingerprint density at radius 3 is 2.50 bits per heavy atom. The van der Waals surface area contributed by atoms with E-state index in [0.29, 0.717) is 33.3 Å². The maximum absolute atomic E-state index is 13.1. The minimum Gasteiger partial charge on any atom is -0.309 e. The van der Waals surface area contributed by atoms with E-state index in [4.69, 9.17) is 16.9 Å². The average Bonchev–Trinajstić information content (AvgIpc) is 3.10. The molecule has 0 aliphatic heterocycles. The van der Waals surface area contributed by atoms with Crippen molar-refractivity contribution < 1.29 is 4.79 Å². The van der Waals surface area contributed by atoms with E-state index in [0.717, 1.165) is 17.7 Å². The second-order valence-electron chi connectivity index (χ2n) is 6.39. The van der Waals surface area contributed by atoms with Crippen LogP contribution < -0.4 is 4.90 Å². The second kappa shape index (κ2) is 9.85. The van der Waals surface area contributed by atoms with Gasteiger partial charge in [0, 0.05) is 12.1 Å². The molecule has 3 aromatic rings. The van der Waals surface area contributed by atoms with Crippen molar-refractivity contribution in [1.29, 1.82) is 5.26 Å². The summed E-state index contributed by atoms with van der Waals surface area (Å²) >= 11 is 7.71. The number of fused-ring (bicyclic) bond motifs is 1. The standard InChI is InChI=1S/C20H19ClN4OS.ClH/c1-24(2)11-4-12-25(19(26)15-9-7-14(13-22)8-10-15)20-23-18-16(21)5-3-6-17(18)27-20;/h3,5-10H,4,11-12H2,1-2H3;1H. The van der Waals surface area contributed by atoms with Crippen molar-refractivity contribution in [3.05, 3.63) is 58.6 Å². The number of para-hydroxylation sites is 1. The topological polar surface area (TPSA) is 60.2 Å². The zero-order chi connectivity index (χ0) is 19.4. The molecule has 2 aromatic carbocycles. The first-order chi connectivity index (χ1) is 13.0. The van der Waals surface area contributed by atoms with E-state index in [-0.39, 0.29) is 18.3 Å². The number of anilines is 1. The van der Waals surface area contributed by atoms with Crippen LogP contribution in [0.25, 0.3) is 10.2 Å². The lowest BCUT2D eigenvalue weighted by Gasteiger charge is -2.21. The van der Waals surface area contributed by atoms with Crippen molar-refractivity contribution in [2.45, 2.75) is 6.42 Å². The van der Waals surface area contributed by atoms with E-state index in [1.54, 1.807) is 35.2 Å². The number of nitrogens with zero attached hydrogens (tertiary/aromatic N) is 4. The maximum atomic E-state index is 13.1. The van der Waals surface area contributed by atoms with Crippen LogP contribution in [0, 0.1) is 11.3 Å². The quantitative estimate of drug-likeness (QED) is 0.556. The number of hydrogen-bond donors (Lipinski definition) is 0. The summed E-state index contributed by atoms with van der Waals surface area (Å²) in [6.07, 6.45) is 0.818. The highest BCUT2D eigenvalue weighted by Crippen LogP contribution is 2.33. The van der Waals surface area contributed by atoms with Gasteiger partial charge in [-0.25, -0.2) is 4.98 Å². The second-order valence-corrected chi connectivity index (χ2v) is 7.80. The van der Waals surface area contributed by atoms with E-state index in [2.05, 4.69) is 16.0 Å². The van der Waals surface area contributed by atoms with Crippen LogP contribution in [0.1, 0.15) is 22.3 Å². The van der Waals surface area contributed by atoms with Gasteiger partial charge in [0.1, 0.15) is 5.52 Å². The summed E-state index contributed by atoms with van der Waals surface area (Å²) in [6.45, 7) is 1.41. The molecule has 0 saturated carbocycles. The Bertz CT molecular complexity index is 996. The monoisotopic (exact) mass is 434 g/mol. The molecule has 1 aromatic heterocycles. The first kappa shape index (κ1) is 22.1. The summed E-state index contributed by atoms with van der Waals surface area (Å²) in [5.41, 5.74) is 1.77. The van der Waals surface area contributed by atoms with E-state index < -0.39 is 0 Å². The Labute approximate surface area is 179 Å². The van der Waals surface area contributed by atoms with Gasteiger partial charge in [-0.15, -0.1) is 12.4 Å². The first-order valence-corrected chi connectivity index (χ1v) is 9.71. The molecule has 5 nitrogen and oxygen atoms in total. The highest BCUT2D eigenvalue weighted by Gasteiger charge is 2.21. The first-order valence-electron chi connectivity index (χ1n) is 8.51. The fourth-order valence-corrected chi connectivity index (χ4v) is 3.98. The lowest BCUT2D eigenvalue weighted by Crippen LogP contribution is -2.33. The van der Waals surface area contributed by atoms with Gasteiger partial charge < -0.3 is 4.90 Å². The molecule has 0 aliphatic rings. The third-order valence-corrected chi connectivity index (χ3v) is 5.43. The Morgan fingerprint density at radius 1 is 1.18 bits per heavy atom. The van der Waals surface area contributed by atoms with Crippen LogP contribution in [0.3, 0.4) is 0 Å². The van der Waals surface area contributed by atoms with Gasteiger partial charge in [0.05, 0.1) is 21.4 Å². The van der Waals surface area contributed by atoms with Crippen molar-refractivity contribution >= 4 is 56.6 Å². The van der Waals surface area contributed by atoms with Gasteiger partial charge in [-0.05, 0) is 63.5 Å². The molecule has 0 bridgehead atoms. The van der Waals surface area contributed by atoms with Gasteiger partial charge in [0.2, 0.25) is 0 Å². The van der Waals surface area contributed by atoms with Crippen molar-refractivity contribution in [3.63, 3.8) is 0 Å². The molecule has 0 atom stereocenters. The van der Waals surface area contributed by atoms with Crippen LogP contribution in [0.5, 0.6) is 0 Å². The zero-order valence-corrected chi connectivity index (χ0v) is 17.9. The van der Waals surface area contributed by atoms with Gasteiger partial charge in [-0.1, -0.05) is 29.0 Å². The molecule has 8 heteroatoms. The van der Waals surface area contributed by atoms with Gasteiger partial charge in [-0.3, -0.25) is 9.69 Å². The van der Waals surface area contributed by atoms with Crippen molar-refractivity contribution in [3.8, 4) is 6.07 Å². The number of hydrogen-bond acceptors (Lipinski definition) is 5. The highest BCUT2D eigenvalue weighted by atomic mass is 35.5. The Balaban J connectivity index is 0.00000280. The number of thiazole rings is 1. The third kappa shape index (κ3) is 5.00. The number of aromatic nitrogens is 1. The van der Waals surface area contributed by atoms with E-state index in [1.807, 2.05) is 26.2 Å². The summed E-state index contributed by atoms with van der Waals surface area (Å²) in [4.78, 5) is 21.5. The number of amides is 1. The molecule has 0 spiro atoms. The Morgan fingerprint density at radius 2 is 1.89 bits per heavy atom. The van der Waals surface area contributed by atoms with E-state index >= 15 is 0 Å². The number of carbonyl (C=O) groups excluding carboxylic acids is 1. The summed E-state index contributed by atoms with van der Waals surface area (Å²) in [7, 11) is 4.01. The average molecular weight is 435 g/mol. The number of halogens is 2. The molecule has 0 fully saturated rings. The predicted octanol–water partition coefficient (Wildman–Crippen LogP) is 4.84. The summed E-state index contributed by atoms with van der Waals surface area (Å²) < 4.78 is 0.947. The molecule has 3 rings (SSSR count). The molecule has 0 aliphatic carbocycles. The lowest BCUT2D eigenvalue weighted by molar-refractivity contribution is 0.0986. The van der Waals surface area contributed by atoms with Gasteiger partial charge in [0.15, 0.2) is 5.13 Å². The van der Waals surface area contributed by atoms with Crippen molar-refractivity contribution in [1.82, 2.24) is 9.88 Å². The fraction of sp³-hybridized carbons (Fsp3) is 0.250. The summed E-state index contributed by atoms with van der Waals surface area (Å²) in [5, 5.41) is 10.2. The number of carbonyl (C=O) groups is 1. The minimum absolute atomic E-state index is 0. The molecule has 1 heterocycles. The van der Waals surface area contributed by atoms with Crippen LogP contribution in [0.15, 0.2) is 42.5 Å². The largest absolute Gasteiger partial charge is 0.309 e. The minimum atomic E-state index is -0.131. The summed E-state index contributed by atoms with van der Waals surface area (Å²) in [6, 6.07) is 14.4. The van der Waals surface area contributed by atoms with Crippen LogP contribution in [-0.2, 0) is 0 Å². The Hall–Kier alpha value is -2.17. The molecule has 0 unspecified atom stereocenters. The van der Waals surface area contributed by atoms with Gasteiger partial charge in [0.25, 0.3) is 5.91 Å². The number of benzene rings is 2. The predicted molar refractivity (Wildman–Crippen MR) is 118 cm³/mol. The molecule has 0 saturated heterocycles. The van der Waals surface area contributed by atoms with Crippen LogP contribution in [0.2, 0.25) is 5.02 Å².